The zero-order valence-electron chi connectivity index (χ0n) is 11.2. The molecule has 7 heteroatoms. The van der Waals surface area contributed by atoms with E-state index in [1.165, 1.54) is 24.3 Å². The first-order valence-corrected chi connectivity index (χ1v) is 8.91. The fraction of sp³-hybridized carbons (Fsp3) is 0.462. The van der Waals surface area contributed by atoms with Gasteiger partial charge in [0.1, 0.15) is 0 Å². The molecule has 1 rings (SSSR count). The largest absolute Gasteiger partial charge is 0.478 e. The first-order chi connectivity index (χ1) is 9.47. The molecule has 0 aliphatic carbocycles. The second kappa shape index (κ2) is 8.28. The number of benzene rings is 1. The number of rotatable bonds is 9. The Morgan fingerprint density at radius 2 is 1.90 bits per heavy atom. The summed E-state index contributed by atoms with van der Waals surface area (Å²) < 4.78 is 28.9. The molecule has 1 N–H and O–H groups in total. The number of aromatic carboxylic acids is 1. The number of carbonyl (C=O) groups is 1. The molecule has 0 amide bonds. The molecule has 20 heavy (non-hydrogen) atoms. The highest BCUT2D eigenvalue weighted by Gasteiger charge is 2.14. The summed E-state index contributed by atoms with van der Waals surface area (Å²) in [7, 11) is -1.71. The van der Waals surface area contributed by atoms with Gasteiger partial charge in [-0.15, -0.1) is 0 Å². The molecule has 1 aromatic carbocycles. The number of sulfone groups is 1. The molecule has 112 valence electrons. The van der Waals surface area contributed by atoms with Crippen LogP contribution in [0.25, 0.3) is 0 Å². The number of methoxy groups -OCH3 is 1. The molecule has 0 saturated carbocycles. The maximum Gasteiger partial charge on any atom is 0.335 e. The third-order valence-corrected chi connectivity index (χ3v) is 5.65. The van der Waals surface area contributed by atoms with E-state index in [4.69, 9.17) is 9.84 Å². The van der Waals surface area contributed by atoms with Crippen LogP contribution in [0.15, 0.2) is 29.2 Å². The van der Waals surface area contributed by atoms with E-state index in [0.717, 1.165) is 12.2 Å². The van der Waals surface area contributed by atoms with E-state index < -0.39 is 15.8 Å². The molecule has 0 unspecified atom stereocenters. The number of carboxylic acids is 1. The highest BCUT2D eigenvalue weighted by molar-refractivity contribution is 8.00. The minimum Gasteiger partial charge on any atom is -0.478 e. The Bertz CT molecular complexity index is 522. The van der Waals surface area contributed by atoms with Crippen LogP contribution in [0.5, 0.6) is 0 Å². The number of hydrogen-bond donors (Lipinski definition) is 1. The summed E-state index contributed by atoms with van der Waals surface area (Å²) in [4.78, 5) is 10.9. The molecule has 1 aromatic rings. The molecule has 0 heterocycles. The van der Waals surface area contributed by atoms with Gasteiger partial charge in [-0.1, -0.05) is 0 Å². The van der Waals surface area contributed by atoms with Gasteiger partial charge in [-0.2, -0.15) is 11.8 Å². The monoisotopic (exact) mass is 318 g/mol. The molecule has 5 nitrogen and oxygen atoms in total. The van der Waals surface area contributed by atoms with Crippen LogP contribution < -0.4 is 0 Å². The normalized spacial score (nSPS) is 11.4. The molecule has 0 aliphatic heterocycles. The third-order valence-electron chi connectivity index (χ3n) is 2.59. The second-order valence-electron chi connectivity index (χ2n) is 4.11. The lowest BCUT2D eigenvalue weighted by molar-refractivity contribution is 0.0696. The molecule has 0 bridgehead atoms. The van der Waals surface area contributed by atoms with Crippen molar-refractivity contribution in [3.05, 3.63) is 29.8 Å². The topological polar surface area (TPSA) is 80.7 Å². The van der Waals surface area contributed by atoms with Gasteiger partial charge in [-0.05, 0) is 36.4 Å². The molecule has 0 spiro atoms. The maximum absolute atomic E-state index is 12.0. The van der Waals surface area contributed by atoms with Crippen molar-refractivity contribution in [2.24, 2.45) is 0 Å². The highest BCUT2D eigenvalue weighted by Crippen LogP contribution is 2.14. The van der Waals surface area contributed by atoms with E-state index in [1.807, 2.05) is 0 Å². The average molecular weight is 318 g/mol. The minimum atomic E-state index is -3.34. The second-order valence-corrected chi connectivity index (χ2v) is 7.44. The van der Waals surface area contributed by atoms with Crippen LogP contribution in [-0.4, -0.2) is 50.5 Å². The van der Waals surface area contributed by atoms with Gasteiger partial charge in [0, 0.05) is 19.5 Å². The Labute approximate surface area is 123 Å². The van der Waals surface area contributed by atoms with Crippen molar-refractivity contribution in [3.63, 3.8) is 0 Å². The van der Waals surface area contributed by atoms with Gasteiger partial charge >= 0.3 is 5.97 Å². The van der Waals surface area contributed by atoms with E-state index in [0.29, 0.717) is 12.4 Å². The van der Waals surface area contributed by atoms with Gasteiger partial charge in [-0.3, -0.25) is 0 Å². The molecule has 0 atom stereocenters. The van der Waals surface area contributed by atoms with Crippen molar-refractivity contribution < 1.29 is 23.1 Å². The Morgan fingerprint density at radius 1 is 1.25 bits per heavy atom. The minimum absolute atomic E-state index is 0.0526. The summed E-state index contributed by atoms with van der Waals surface area (Å²) in [5.74, 6) is 0.369. The van der Waals surface area contributed by atoms with Crippen molar-refractivity contribution in [1.29, 1.82) is 0 Å². The zero-order chi connectivity index (χ0) is 15.0. The van der Waals surface area contributed by atoms with Crippen LogP contribution in [0.2, 0.25) is 0 Å². The van der Waals surface area contributed by atoms with Crippen LogP contribution in [0.4, 0.5) is 0 Å². The highest BCUT2D eigenvalue weighted by atomic mass is 32.2. The smallest absolute Gasteiger partial charge is 0.335 e. The first-order valence-electron chi connectivity index (χ1n) is 6.10. The van der Waals surface area contributed by atoms with Crippen molar-refractivity contribution in [3.8, 4) is 0 Å². The summed E-state index contributed by atoms with van der Waals surface area (Å²) >= 11 is 1.57. The van der Waals surface area contributed by atoms with Crippen LogP contribution in [0, 0.1) is 0 Å². The lowest BCUT2D eigenvalue weighted by Crippen LogP contribution is -2.10. The molecule has 0 aromatic heterocycles. The van der Waals surface area contributed by atoms with E-state index in [9.17, 15) is 13.2 Å². The Hall–Kier alpha value is -1.05. The fourth-order valence-electron chi connectivity index (χ4n) is 1.50. The van der Waals surface area contributed by atoms with Crippen LogP contribution in [0.1, 0.15) is 16.8 Å². The Kier molecular flexibility index (Phi) is 7.04. The van der Waals surface area contributed by atoms with E-state index in [1.54, 1.807) is 18.9 Å². The molecule has 0 aliphatic rings. The van der Waals surface area contributed by atoms with Crippen molar-refractivity contribution in [2.75, 3.05) is 31.0 Å². The number of ether oxygens (including phenoxy) is 1. The van der Waals surface area contributed by atoms with Gasteiger partial charge in [0.15, 0.2) is 9.84 Å². The lowest BCUT2D eigenvalue weighted by Gasteiger charge is -2.05. The van der Waals surface area contributed by atoms with Gasteiger partial charge in [-0.25, -0.2) is 13.2 Å². The summed E-state index contributed by atoms with van der Waals surface area (Å²) in [6, 6.07) is 5.30. The summed E-state index contributed by atoms with van der Waals surface area (Å²) in [5.41, 5.74) is 0.0814. The number of hydrogen-bond acceptors (Lipinski definition) is 5. The van der Waals surface area contributed by atoms with Gasteiger partial charge in [0.25, 0.3) is 0 Å². The lowest BCUT2D eigenvalue weighted by atomic mass is 10.2. The average Bonchev–Trinajstić information content (AvgIpc) is 2.43. The zero-order valence-corrected chi connectivity index (χ0v) is 12.9. The Balaban J connectivity index is 2.49. The standard InChI is InChI=1S/C13H18O5S2/c1-18-7-2-8-19-9-10-20(16,17)12-5-3-11(4-6-12)13(14)15/h3-6H,2,7-10H2,1H3,(H,14,15). The van der Waals surface area contributed by atoms with Crippen LogP contribution in [-0.2, 0) is 14.6 Å². The molecular formula is C13H18O5S2. The van der Waals surface area contributed by atoms with E-state index >= 15 is 0 Å². The molecule has 0 radical (unpaired) electrons. The number of thioether (sulfide) groups is 1. The van der Waals surface area contributed by atoms with Crippen molar-refractivity contribution in [1.82, 2.24) is 0 Å². The maximum atomic E-state index is 12.0. The quantitative estimate of drug-likeness (QED) is 0.701. The van der Waals surface area contributed by atoms with E-state index in [-0.39, 0.29) is 16.2 Å². The SMILES string of the molecule is COCCCSCCS(=O)(=O)c1ccc(C(=O)O)cc1. The first kappa shape index (κ1) is 17.0. The predicted molar refractivity (Wildman–Crippen MR) is 79.3 cm³/mol. The molecule has 0 saturated heterocycles. The predicted octanol–water partition coefficient (Wildman–Crippen LogP) is 1.93. The third kappa shape index (κ3) is 5.52. The summed E-state index contributed by atoms with van der Waals surface area (Å²) in [5, 5.41) is 8.76. The molecular weight excluding hydrogens is 300 g/mol. The van der Waals surface area contributed by atoms with Crippen molar-refractivity contribution >= 4 is 27.6 Å². The Morgan fingerprint density at radius 3 is 2.45 bits per heavy atom. The van der Waals surface area contributed by atoms with Crippen LogP contribution in [0.3, 0.4) is 0 Å². The number of carboxylic acid groups (broad SMARTS) is 1. The summed E-state index contributed by atoms with van der Waals surface area (Å²) in [6.45, 7) is 0.677. The van der Waals surface area contributed by atoms with Gasteiger partial charge < -0.3 is 9.84 Å². The molecule has 0 fully saturated rings. The van der Waals surface area contributed by atoms with Crippen molar-refractivity contribution in [2.45, 2.75) is 11.3 Å². The fourth-order valence-corrected chi connectivity index (χ4v) is 4.16. The summed E-state index contributed by atoms with van der Waals surface area (Å²) in [6.07, 6.45) is 0.897. The van der Waals surface area contributed by atoms with Crippen LogP contribution >= 0.6 is 11.8 Å². The van der Waals surface area contributed by atoms with Gasteiger partial charge in [0.2, 0.25) is 0 Å². The van der Waals surface area contributed by atoms with Gasteiger partial charge in [0.05, 0.1) is 16.2 Å². The van der Waals surface area contributed by atoms with E-state index in [2.05, 4.69) is 0 Å².